The zero-order valence-electron chi connectivity index (χ0n) is 13.6. The predicted molar refractivity (Wildman–Crippen MR) is 95.1 cm³/mol. The molecule has 0 fully saturated rings. The quantitative estimate of drug-likeness (QED) is 0.581. The molecule has 1 aromatic carbocycles. The second kappa shape index (κ2) is 5.84. The number of carbonyl (C=O) groups excluding carboxylic acids is 1. The van der Waals surface area contributed by atoms with Crippen molar-refractivity contribution in [1.82, 2.24) is 9.55 Å². The van der Waals surface area contributed by atoms with Gasteiger partial charge in [-0.3, -0.25) is 9.69 Å². The molecule has 1 amide bonds. The minimum absolute atomic E-state index is 0.00565. The van der Waals surface area contributed by atoms with E-state index >= 15 is 0 Å². The van der Waals surface area contributed by atoms with Crippen LogP contribution in [0.5, 0.6) is 0 Å². The number of hydrogen-bond acceptors (Lipinski definition) is 2. The summed E-state index contributed by atoms with van der Waals surface area (Å²) in [5.41, 5.74) is -0.0304. The van der Waals surface area contributed by atoms with Gasteiger partial charge in [0.15, 0.2) is 0 Å². The highest BCUT2D eigenvalue weighted by Crippen LogP contribution is 2.39. The number of fused-ring (bicyclic) bond motifs is 2. The van der Waals surface area contributed by atoms with Gasteiger partial charge in [-0.25, -0.2) is 4.98 Å². The minimum atomic E-state index is -4.50. The molecule has 26 heavy (non-hydrogen) atoms. The molecule has 0 atom stereocenters. The van der Waals surface area contributed by atoms with E-state index in [1.165, 1.54) is 17.0 Å². The Morgan fingerprint density at radius 3 is 2.73 bits per heavy atom. The highest BCUT2D eigenvalue weighted by Gasteiger charge is 2.40. The Kier molecular flexibility index (Phi) is 3.83. The molecular weight excluding hydrogens is 411 g/mol. The number of aromatic nitrogens is 2. The van der Waals surface area contributed by atoms with Gasteiger partial charge in [-0.15, -0.1) is 0 Å². The zero-order valence-corrected chi connectivity index (χ0v) is 15.2. The number of amides is 1. The topological polar surface area (TPSA) is 38.1 Å². The Hall–Kier alpha value is -2.35. The fourth-order valence-corrected chi connectivity index (χ4v) is 3.80. The molecule has 0 bridgehead atoms. The normalized spacial score (nSPS) is 14.3. The number of nitrogens with zero attached hydrogens (tertiary/aromatic N) is 3. The Bertz CT molecular complexity index is 1040. The Balaban J connectivity index is 1.83. The van der Waals surface area contributed by atoms with Crippen molar-refractivity contribution in [2.75, 3.05) is 4.90 Å². The first-order valence-corrected chi connectivity index (χ1v) is 8.77. The lowest BCUT2D eigenvalue weighted by Crippen LogP contribution is -2.24. The zero-order chi connectivity index (χ0) is 18.6. The molecule has 0 saturated heterocycles. The number of anilines is 1. The van der Waals surface area contributed by atoms with Gasteiger partial charge in [0.25, 0.3) is 5.91 Å². The first kappa shape index (κ1) is 17.1. The van der Waals surface area contributed by atoms with Crippen LogP contribution in [0.4, 0.5) is 19.0 Å². The molecule has 0 saturated carbocycles. The van der Waals surface area contributed by atoms with E-state index in [0.29, 0.717) is 18.0 Å². The lowest BCUT2D eigenvalue weighted by Gasteiger charge is -2.16. The summed E-state index contributed by atoms with van der Waals surface area (Å²) in [6.45, 7) is 2.51. The van der Waals surface area contributed by atoms with Gasteiger partial charge >= 0.3 is 6.18 Å². The maximum Gasteiger partial charge on any atom is 0.416 e. The number of rotatable bonds is 2. The number of halogens is 4. The molecule has 0 spiro atoms. The maximum atomic E-state index is 13.3. The summed E-state index contributed by atoms with van der Waals surface area (Å²) >= 11 is 3.47. The highest BCUT2D eigenvalue weighted by atomic mass is 79.9. The predicted octanol–water partition coefficient (Wildman–Crippen LogP) is 5.00. The SMILES string of the molecule is CCn1ccc2c(Br)cc(N3Cc4c(cccc4C(F)(F)F)C3=O)nc21. The third-order valence-electron chi connectivity index (χ3n) is 4.56. The van der Waals surface area contributed by atoms with E-state index in [9.17, 15) is 18.0 Å². The lowest BCUT2D eigenvalue weighted by atomic mass is 10.0. The van der Waals surface area contributed by atoms with E-state index in [4.69, 9.17) is 0 Å². The summed E-state index contributed by atoms with van der Waals surface area (Å²) < 4.78 is 42.5. The molecule has 0 aliphatic carbocycles. The number of hydrogen-bond donors (Lipinski definition) is 0. The van der Waals surface area contributed by atoms with Crippen LogP contribution in [0.15, 0.2) is 41.0 Å². The minimum Gasteiger partial charge on any atom is -0.333 e. The highest BCUT2D eigenvalue weighted by molar-refractivity contribution is 9.10. The molecule has 0 radical (unpaired) electrons. The molecule has 1 aliphatic heterocycles. The number of aryl methyl sites for hydroxylation is 1. The smallest absolute Gasteiger partial charge is 0.333 e. The van der Waals surface area contributed by atoms with Crippen LogP contribution in [0.25, 0.3) is 11.0 Å². The molecule has 8 heteroatoms. The van der Waals surface area contributed by atoms with Crippen molar-refractivity contribution >= 4 is 38.7 Å². The molecule has 4 rings (SSSR count). The van der Waals surface area contributed by atoms with E-state index in [-0.39, 0.29) is 17.7 Å². The molecule has 3 heterocycles. The van der Waals surface area contributed by atoms with Crippen LogP contribution in [0.3, 0.4) is 0 Å². The lowest BCUT2D eigenvalue weighted by molar-refractivity contribution is -0.138. The van der Waals surface area contributed by atoms with Gasteiger partial charge in [0.1, 0.15) is 11.5 Å². The average molecular weight is 424 g/mol. The summed E-state index contributed by atoms with van der Waals surface area (Å²) in [7, 11) is 0. The first-order valence-electron chi connectivity index (χ1n) is 7.97. The fraction of sp³-hybridized carbons (Fsp3) is 0.222. The molecule has 0 unspecified atom stereocenters. The Labute approximate surface area is 155 Å². The maximum absolute atomic E-state index is 13.3. The molecule has 0 N–H and O–H groups in total. The van der Waals surface area contributed by atoms with Crippen LogP contribution in [0.2, 0.25) is 0 Å². The number of benzene rings is 1. The number of pyridine rings is 1. The second-order valence-electron chi connectivity index (χ2n) is 6.02. The molecule has 134 valence electrons. The number of alkyl halides is 3. The Morgan fingerprint density at radius 1 is 1.27 bits per heavy atom. The van der Waals surface area contributed by atoms with Crippen molar-refractivity contribution in [1.29, 1.82) is 0 Å². The Morgan fingerprint density at radius 2 is 2.04 bits per heavy atom. The van der Waals surface area contributed by atoms with Crippen molar-refractivity contribution in [3.63, 3.8) is 0 Å². The molecule has 1 aliphatic rings. The van der Waals surface area contributed by atoms with Gasteiger partial charge in [0, 0.05) is 28.2 Å². The second-order valence-corrected chi connectivity index (χ2v) is 6.88. The van der Waals surface area contributed by atoms with Crippen molar-refractivity contribution in [3.8, 4) is 0 Å². The summed E-state index contributed by atoms with van der Waals surface area (Å²) in [6, 6.07) is 7.26. The van der Waals surface area contributed by atoms with E-state index < -0.39 is 17.6 Å². The summed E-state index contributed by atoms with van der Waals surface area (Å²) in [6.07, 6.45) is -2.62. The van der Waals surface area contributed by atoms with Crippen LogP contribution < -0.4 is 4.90 Å². The standard InChI is InChI=1S/C18H13BrF3N3O/c1-2-24-7-6-11-14(19)8-15(23-16(11)24)25-9-12-10(17(25)26)4-3-5-13(12)18(20,21)22/h3-8H,2,9H2,1H3. The van der Waals surface area contributed by atoms with E-state index in [0.717, 1.165) is 15.9 Å². The van der Waals surface area contributed by atoms with E-state index in [1.54, 1.807) is 6.07 Å². The summed E-state index contributed by atoms with van der Waals surface area (Å²) in [5.74, 6) is -0.147. The van der Waals surface area contributed by atoms with Gasteiger partial charge in [-0.2, -0.15) is 13.2 Å². The molecule has 3 aromatic rings. The van der Waals surface area contributed by atoms with Crippen molar-refractivity contribution in [2.24, 2.45) is 0 Å². The molecule has 2 aromatic heterocycles. The number of carbonyl (C=O) groups is 1. The van der Waals surface area contributed by atoms with Crippen molar-refractivity contribution in [3.05, 3.63) is 57.7 Å². The largest absolute Gasteiger partial charge is 0.416 e. The molecular formula is C18H13BrF3N3O. The van der Waals surface area contributed by atoms with E-state index in [2.05, 4.69) is 20.9 Å². The third-order valence-corrected chi connectivity index (χ3v) is 5.21. The van der Waals surface area contributed by atoms with Crippen LogP contribution >= 0.6 is 15.9 Å². The van der Waals surface area contributed by atoms with Crippen LogP contribution in [-0.2, 0) is 19.3 Å². The third kappa shape index (κ3) is 2.51. The van der Waals surface area contributed by atoms with Crippen molar-refractivity contribution < 1.29 is 18.0 Å². The van der Waals surface area contributed by atoms with Gasteiger partial charge in [0.2, 0.25) is 0 Å². The van der Waals surface area contributed by atoms with E-state index in [1.807, 2.05) is 23.8 Å². The first-order chi connectivity index (χ1) is 12.3. The van der Waals surface area contributed by atoms with Crippen molar-refractivity contribution in [2.45, 2.75) is 26.2 Å². The fourth-order valence-electron chi connectivity index (χ4n) is 3.28. The van der Waals surface area contributed by atoms with Gasteiger partial charge in [-0.05, 0) is 52.7 Å². The van der Waals surface area contributed by atoms with Crippen LogP contribution in [0, 0.1) is 0 Å². The average Bonchev–Trinajstić information content (AvgIpc) is 3.15. The van der Waals surface area contributed by atoms with Gasteiger partial charge in [-0.1, -0.05) is 6.07 Å². The summed E-state index contributed by atoms with van der Waals surface area (Å²) in [4.78, 5) is 18.5. The molecule has 4 nitrogen and oxygen atoms in total. The van der Waals surface area contributed by atoms with Gasteiger partial charge in [0.05, 0.1) is 12.1 Å². The van der Waals surface area contributed by atoms with Crippen LogP contribution in [0.1, 0.15) is 28.4 Å². The van der Waals surface area contributed by atoms with Crippen LogP contribution in [-0.4, -0.2) is 15.5 Å². The summed E-state index contributed by atoms with van der Waals surface area (Å²) in [5, 5.41) is 0.885. The van der Waals surface area contributed by atoms with Gasteiger partial charge < -0.3 is 4.57 Å². The monoisotopic (exact) mass is 423 g/mol.